The topological polar surface area (TPSA) is 51.4 Å². The molecule has 1 atom stereocenters. The van der Waals surface area contributed by atoms with Crippen LogP contribution in [-0.4, -0.2) is 34.7 Å². The van der Waals surface area contributed by atoms with Crippen molar-refractivity contribution in [3.05, 3.63) is 56.7 Å². The maximum absolute atomic E-state index is 6.30. The van der Waals surface area contributed by atoms with Crippen LogP contribution in [0.15, 0.2) is 44.7 Å². The molecule has 0 radical (unpaired) electrons. The quantitative estimate of drug-likeness (QED) is 0.584. The Hall–Kier alpha value is -1.25. The number of hydrogen-bond donors (Lipinski definition) is 0. The lowest BCUT2D eigenvalue weighted by molar-refractivity contribution is -0.0355. The molecule has 1 saturated heterocycles. The van der Waals surface area contributed by atoms with Crippen molar-refractivity contribution in [2.24, 2.45) is 0 Å². The lowest BCUT2D eigenvalue weighted by atomic mass is 10.1. The molecule has 3 heterocycles. The molecule has 0 aliphatic carbocycles. The predicted octanol–water partition coefficient (Wildman–Crippen LogP) is 4.79. The first-order valence-corrected chi connectivity index (χ1v) is 9.84. The predicted molar refractivity (Wildman–Crippen MR) is 101 cm³/mol. The molecule has 130 valence electrons. The maximum Gasteiger partial charge on any atom is 0.241 e. The molecule has 1 aliphatic heterocycles. The van der Waals surface area contributed by atoms with E-state index in [0.717, 1.165) is 32.3 Å². The summed E-state index contributed by atoms with van der Waals surface area (Å²) in [6.45, 7) is 2.81. The summed E-state index contributed by atoms with van der Waals surface area (Å²) in [4.78, 5) is 7.74. The Bertz CT molecular complexity index is 869. The Morgan fingerprint density at radius 2 is 2.16 bits per heavy atom. The van der Waals surface area contributed by atoms with E-state index in [9.17, 15) is 0 Å². The van der Waals surface area contributed by atoms with Crippen LogP contribution in [0.25, 0.3) is 10.7 Å². The highest BCUT2D eigenvalue weighted by molar-refractivity contribution is 9.11. The number of rotatable bonds is 4. The molecule has 2 aromatic heterocycles. The molecule has 25 heavy (non-hydrogen) atoms. The number of ether oxygens (including phenoxy) is 1. The van der Waals surface area contributed by atoms with E-state index in [-0.39, 0.29) is 6.10 Å². The molecule has 0 N–H and O–H groups in total. The third-order valence-corrected chi connectivity index (χ3v) is 5.99. The van der Waals surface area contributed by atoms with Gasteiger partial charge in [-0.1, -0.05) is 35.0 Å². The third kappa shape index (κ3) is 3.96. The Kier molecular flexibility index (Phi) is 5.19. The fourth-order valence-corrected chi connectivity index (χ4v) is 4.38. The lowest BCUT2D eigenvalue weighted by Crippen LogP contribution is -2.38. The van der Waals surface area contributed by atoms with Gasteiger partial charge < -0.3 is 9.26 Å². The molecule has 1 fully saturated rings. The van der Waals surface area contributed by atoms with Crippen LogP contribution in [0.2, 0.25) is 5.02 Å². The Morgan fingerprint density at radius 1 is 1.28 bits per heavy atom. The van der Waals surface area contributed by atoms with Gasteiger partial charge in [-0.2, -0.15) is 4.98 Å². The van der Waals surface area contributed by atoms with Crippen LogP contribution in [0.5, 0.6) is 0 Å². The van der Waals surface area contributed by atoms with Crippen LogP contribution in [0.4, 0.5) is 0 Å². The summed E-state index contributed by atoms with van der Waals surface area (Å²) in [5.74, 6) is 1.24. The van der Waals surface area contributed by atoms with Gasteiger partial charge in [0, 0.05) is 23.7 Å². The lowest BCUT2D eigenvalue weighted by Gasteiger charge is -2.32. The van der Waals surface area contributed by atoms with Gasteiger partial charge in [-0.25, -0.2) is 0 Å². The van der Waals surface area contributed by atoms with Gasteiger partial charge in [0.05, 0.1) is 27.9 Å². The summed E-state index contributed by atoms with van der Waals surface area (Å²) < 4.78 is 12.4. The first-order chi connectivity index (χ1) is 12.2. The van der Waals surface area contributed by atoms with E-state index >= 15 is 0 Å². The molecule has 1 aromatic carbocycles. The molecular formula is C17H15BrClN3O2S. The zero-order chi connectivity index (χ0) is 17.2. The fraction of sp³-hybridized carbons (Fsp3) is 0.294. The first kappa shape index (κ1) is 17.2. The molecule has 0 saturated carbocycles. The van der Waals surface area contributed by atoms with Crippen LogP contribution in [0.3, 0.4) is 0 Å². The van der Waals surface area contributed by atoms with Crippen LogP contribution in [0, 0.1) is 0 Å². The summed E-state index contributed by atoms with van der Waals surface area (Å²) in [5.41, 5.74) is 1.02. The normalized spacial score (nSPS) is 18.6. The van der Waals surface area contributed by atoms with Crippen molar-refractivity contribution in [1.29, 1.82) is 0 Å². The number of benzene rings is 1. The van der Waals surface area contributed by atoms with E-state index in [1.165, 1.54) is 0 Å². The van der Waals surface area contributed by atoms with E-state index in [4.69, 9.17) is 20.9 Å². The van der Waals surface area contributed by atoms with Crippen molar-refractivity contribution in [3.8, 4) is 10.7 Å². The molecule has 4 rings (SSSR count). The minimum absolute atomic E-state index is 0.0434. The average Bonchev–Trinajstić information content (AvgIpc) is 3.24. The Labute approximate surface area is 162 Å². The van der Waals surface area contributed by atoms with Crippen molar-refractivity contribution in [2.45, 2.75) is 12.6 Å². The SMILES string of the molecule is Clc1ccccc1C1CN(Cc2nc(-c3ccc(Br)s3)no2)CCO1. The van der Waals surface area contributed by atoms with Gasteiger partial charge in [0.1, 0.15) is 0 Å². The van der Waals surface area contributed by atoms with Crippen LogP contribution in [0.1, 0.15) is 17.6 Å². The van der Waals surface area contributed by atoms with Gasteiger partial charge in [0.2, 0.25) is 11.7 Å². The number of hydrogen-bond acceptors (Lipinski definition) is 6. The van der Waals surface area contributed by atoms with Crippen LogP contribution < -0.4 is 0 Å². The zero-order valence-corrected chi connectivity index (χ0v) is 16.4. The van der Waals surface area contributed by atoms with Gasteiger partial charge in [-0.05, 0) is 34.1 Å². The number of nitrogens with zero attached hydrogens (tertiary/aromatic N) is 3. The molecule has 1 aliphatic rings. The second-order valence-corrected chi connectivity index (χ2v) is 8.60. The van der Waals surface area contributed by atoms with E-state index < -0.39 is 0 Å². The zero-order valence-electron chi connectivity index (χ0n) is 13.2. The summed E-state index contributed by atoms with van der Waals surface area (Å²) >= 11 is 11.3. The number of thiophene rings is 1. The molecule has 0 spiro atoms. The number of morpholine rings is 1. The minimum Gasteiger partial charge on any atom is -0.371 e. The third-order valence-electron chi connectivity index (χ3n) is 4.02. The second-order valence-electron chi connectivity index (χ2n) is 5.73. The highest BCUT2D eigenvalue weighted by atomic mass is 79.9. The van der Waals surface area contributed by atoms with Gasteiger partial charge in [-0.15, -0.1) is 11.3 Å². The Balaban J connectivity index is 1.44. The Morgan fingerprint density at radius 3 is 2.96 bits per heavy atom. The van der Waals surface area contributed by atoms with Gasteiger partial charge in [-0.3, -0.25) is 4.90 Å². The molecule has 8 heteroatoms. The van der Waals surface area contributed by atoms with Crippen molar-refractivity contribution in [3.63, 3.8) is 0 Å². The second kappa shape index (κ2) is 7.55. The van der Waals surface area contributed by atoms with Gasteiger partial charge >= 0.3 is 0 Å². The molecule has 0 amide bonds. The first-order valence-electron chi connectivity index (χ1n) is 7.86. The summed E-state index contributed by atoms with van der Waals surface area (Å²) in [7, 11) is 0. The maximum atomic E-state index is 6.30. The number of aromatic nitrogens is 2. The van der Waals surface area contributed by atoms with Gasteiger partial charge in [0.15, 0.2) is 0 Å². The molecule has 3 aromatic rings. The van der Waals surface area contributed by atoms with Crippen molar-refractivity contribution in [2.75, 3.05) is 19.7 Å². The smallest absolute Gasteiger partial charge is 0.241 e. The summed E-state index contributed by atoms with van der Waals surface area (Å²) in [6, 6.07) is 11.8. The highest BCUT2D eigenvalue weighted by Gasteiger charge is 2.25. The monoisotopic (exact) mass is 439 g/mol. The molecule has 0 bridgehead atoms. The summed E-state index contributed by atoms with van der Waals surface area (Å²) in [5, 5.41) is 4.81. The van der Waals surface area contributed by atoms with Crippen LogP contribution in [-0.2, 0) is 11.3 Å². The van der Waals surface area contributed by atoms with E-state index in [0.29, 0.717) is 24.9 Å². The highest BCUT2D eigenvalue weighted by Crippen LogP contribution is 2.30. The summed E-state index contributed by atoms with van der Waals surface area (Å²) in [6.07, 6.45) is -0.0434. The standard InChI is InChI=1S/C17H15BrClN3O2S/c18-15-6-5-14(25-15)17-20-16(24-21-17)10-22-7-8-23-13(9-22)11-3-1-2-4-12(11)19/h1-6,13H,7-10H2. The van der Waals surface area contributed by atoms with E-state index in [1.54, 1.807) is 11.3 Å². The van der Waals surface area contributed by atoms with Crippen molar-refractivity contribution in [1.82, 2.24) is 15.0 Å². The molecule has 1 unspecified atom stereocenters. The molecule has 5 nitrogen and oxygen atoms in total. The van der Waals surface area contributed by atoms with Gasteiger partial charge in [0.25, 0.3) is 0 Å². The fourth-order valence-electron chi connectivity index (χ4n) is 2.82. The minimum atomic E-state index is -0.0434. The van der Waals surface area contributed by atoms with E-state index in [1.807, 2.05) is 36.4 Å². The van der Waals surface area contributed by atoms with E-state index in [2.05, 4.69) is 31.0 Å². The average molecular weight is 441 g/mol. The number of halogens is 2. The van der Waals surface area contributed by atoms with Crippen molar-refractivity contribution >= 4 is 38.9 Å². The van der Waals surface area contributed by atoms with Crippen LogP contribution >= 0.6 is 38.9 Å². The largest absolute Gasteiger partial charge is 0.371 e. The van der Waals surface area contributed by atoms with Crippen molar-refractivity contribution < 1.29 is 9.26 Å². The molecular weight excluding hydrogens is 426 g/mol.